The van der Waals surface area contributed by atoms with Gasteiger partial charge in [0, 0.05) is 25.8 Å². The third-order valence-electron chi connectivity index (χ3n) is 3.40. The molecule has 0 atom stereocenters. The van der Waals surface area contributed by atoms with Crippen LogP contribution in [0.4, 0.5) is 0 Å². The number of carboxylic acids is 1. The molecule has 110 valence electrons. The molecule has 6 nitrogen and oxygen atoms in total. The van der Waals surface area contributed by atoms with E-state index in [0.717, 1.165) is 19.4 Å². The van der Waals surface area contributed by atoms with E-state index in [0.29, 0.717) is 25.9 Å². The summed E-state index contributed by atoms with van der Waals surface area (Å²) >= 11 is 0. The van der Waals surface area contributed by atoms with Crippen molar-refractivity contribution in [3.63, 3.8) is 0 Å². The molecule has 0 aromatic heterocycles. The molecule has 1 rings (SSSR count). The van der Waals surface area contributed by atoms with Crippen LogP contribution in [0.1, 0.15) is 32.6 Å². The first-order chi connectivity index (χ1) is 9.60. The second-order valence-electron chi connectivity index (χ2n) is 4.88. The van der Waals surface area contributed by atoms with Crippen molar-refractivity contribution in [1.29, 1.82) is 5.26 Å². The zero-order chi connectivity index (χ0) is 15.0. The van der Waals surface area contributed by atoms with Gasteiger partial charge in [-0.3, -0.25) is 9.59 Å². The lowest BCUT2D eigenvalue weighted by atomic mass is 9.97. The van der Waals surface area contributed by atoms with Crippen molar-refractivity contribution in [2.75, 3.05) is 19.6 Å². The molecule has 0 radical (unpaired) electrons. The Hall–Kier alpha value is -2.03. The quantitative estimate of drug-likeness (QED) is 0.431. The van der Waals surface area contributed by atoms with Crippen molar-refractivity contribution in [3.05, 3.63) is 11.8 Å². The van der Waals surface area contributed by atoms with Crippen LogP contribution in [-0.4, -0.2) is 41.5 Å². The van der Waals surface area contributed by atoms with Gasteiger partial charge in [-0.2, -0.15) is 5.26 Å². The fourth-order valence-corrected chi connectivity index (χ4v) is 2.09. The molecule has 2 N–H and O–H groups in total. The highest BCUT2D eigenvalue weighted by Gasteiger charge is 2.28. The molecule has 1 aliphatic heterocycles. The zero-order valence-corrected chi connectivity index (χ0v) is 11.8. The number of nitrogens with one attached hydrogen (secondary N) is 1. The second-order valence-corrected chi connectivity index (χ2v) is 4.88. The molecule has 0 bridgehead atoms. The van der Waals surface area contributed by atoms with E-state index in [4.69, 9.17) is 10.4 Å². The molecule has 1 heterocycles. The Morgan fingerprint density at radius 1 is 1.45 bits per heavy atom. The van der Waals surface area contributed by atoms with Gasteiger partial charge in [-0.15, -0.1) is 0 Å². The van der Waals surface area contributed by atoms with Crippen molar-refractivity contribution in [3.8, 4) is 6.07 Å². The molecular formula is C14H21N3O3. The van der Waals surface area contributed by atoms with E-state index < -0.39 is 5.97 Å². The van der Waals surface area contributed by atoms with E-state index in [1.807, 2.05) is 6.07 Å². The van der Waals surface area contributed by atoms with Crippen LogP contribution in [-0.2, 0) is 9.59 Å². The molecule has 0 saturated carbocycles. The average molecular weight is 279 g/mol. The number of amides is 1. The van der Waals surface area contributed by atoms with Gasteiger partial charge in [0.05, 0.1) is 5.92 Å². The van der Waals surface area contributed by atoms with Gasteiger partial charge >= 0.3 is 5.97 Å². The molecular weight excluding hydrogens is 258 g/mol. The van der Waals surface area contributed by atoms with E-state index in [1.54, 1.807) is 4.90 Å². The van der Waals surface area contributed by atoms with Crippen LogP contribution in [0.2, 0.25) is 0 Å². The molecule has 0 spiro atoms. The monoisotopic (exact) mass is 279 g/mol. The summed E-state index contributed by atoms with van der Waals surface area (Å²) in [6.45, 7) is 3.58. The maximum atomic E-state index is 12.1. The van der Waals surface area contributed by atoms with Crippen molar-refractivity contribution >= 4 is 11.9 Å². The summed E-state index contributed by atoms with van der Waals surface area (Å²) in [4.78, 5) is 24.5. The summed E-state index contributed by atoms with van der Waals surface area (Å²) in [5.41, 5.74) is 0.0786. The van der Waals surface area contributed by atoms with Gasteiger partial charge in [-0.05, 0) is 19.3 Å². The Morgan fingerprint density at radius 2 is 2.10 bits per heavy atom. The fourth-order valence-electron chi connectivity index (χ4n) is 2.09. The van der Waals surface area contributed by atoms with Gasteiger partial charge in [-0.1, -0.05) is 13.3 Å². The van der Waals surface area contributed by atoms with E-state index in [1.165, 1.54) is 6.20 Å². The predicted molar refractivity (Wildman–Crippen MR) is 73.5 cm³/mol. The number of aliphatic carboxylic acids is 1. The number of nitrogens with zero attached hydrogens (tertiary/aromatic N) is 2. The molecule has 0 aliphatic carbocycles. The van der Waals surface area contributed by atoms with Crippen LogP contribution in [0.3, 0.4) is 0 Å². The fraction of sp³-hybridized carbons (Fsp3) is 0.643. The van der Waals surface area contributed by atoms with Gasteiger partial charge in [-0.25, -0.2) is 0 Å². The molecule has 1 aliphatic rings. The summed E-state index contributed by atoms with van der Waals surface area (Å²) in [6.07, 6.45) is 4.38. The third-order valence-corrected chi connectivity index (χ3v) is 3.40. The minimum atomic E-state index is -0.811. The number of rotatable bonds is 6. The Kier molecular flexibility index (Phi) is 6.57. The molecule has 0 aromatic rings. The van der Waals surface area contributed by atoms with Gasteiger partial charge in [0.25, 0.3) is 5.91 Å². The molecule has 0 unspecified atom stereocenters. The zero-order valence-electron chi connectivity index (χ0n) is 11.8. The SMILES string of the molecule is CCCCN/C=C(/C#N)C(=O)N1CCC(C(=O)O)CC1. The number of unbranched alkanes of at least 4 members (excludes halogenated alkanes) is 1. The average Bonchev–Trinajstić information content (AvgIpc) is 2.47. The standard InChI is InChI=1S/C14H21N3O3/c1-2-3-6-16-10-12(9-15)13(18)17-7-4-11(5-8-17)14(19)20/h10-11,16H,2-8H2,1H3,(H,19,20)/b12-10-. The molecule has 1 amide bonds. The number of carboxylic acid groups (broad SMARTS) is 1. The van der Waals surface area contributed by atoms with Crippen LogP contribution in [0.5, 0.6) is 0 Å². The molecule has 20 heavy (non-hydrogen) atoms. The summed E-state index contributed by atoms with van der Waals surface area (Å²) in [6, 6.07) is 1.90. The molecule has 0 aromatic carbocycles. The summed E-state index contributed by atoms with van der Waals surface area (Å²) in [5, 5.41) is 20.9. The first-order valence-electron chi connectivity index (χ1n) is 6.95. The maximum absolute atomic E-state index is 12.1. The Balaban J connectivity index is 2.52. The molecule has 1 fully saturated rings. The first kappa shape index (κ1) is 16.0. The van der Waals surface area contributed by atoms with Crippen molar-refractivity contribution in [2.45, 2.75) is 32.6 Å². The van der Waals surface area contributed by atoms with Crippen LogP contribution in [0, 0.1) is 17.2 Å². The van der Waals surface area contributed by atoms with Crippen LogP contribution >= 0.6 is 0 Å². The second kappa shape index (κ2) is 8.20. The van der Waals surface area contributed by atoms with Crippen molar-refractivity contribution in [2.24, 2.45) is 5.92 Å². The van der Waals surface area contributed by atoms with E-state index in [2.05, 4.69) is 12.2 Å². The predicted octanol–water partition coefficient (Wildman–Crippen LogP) is 1.11. The normalized spacial score (nSPS) is 16.6. The van der Waals surface area contributed by atoms with Crippen molar-refractivity contribution < 1.29 is 14.7 Å². The number of piperidine rings is 1. The number of hydrogen-bond donors (Lipinski definition) is 2. The topological polar surface area (TPSA) is 93.4 Å². The van der Waals surface area contributed by atoms with Gasteiger partial charge in [0.2, 0.25) is 0 Å². The van der Waals surface area contributed by atoms with Gasteiger partial charge in [0.15, 0.2) is 0 Å². The minimum Gasteiger partial charge on any atom is -0.481 e. The number of carbonyl (C=O) groups excluding carboxylic acids is 1. The highest BCUT2D eigenvalue weighted by molar-refractivity contribution is 5.97. The minimum absolute atomic E-state index is 0.0786. The summed E-state index contributed by atoms with van der Waals surface area (Å²) in [7, 11) is 0. The highest BCUT2D eigenvalue weighted by atomic mass is 16.4. The highest BCUT2D eigenvalue weighted by Crippen LogP contribution is 2.18. The number of likely N-dealkylation sites (tertiary alicyclic amines) is 1. The third kappa shape index (κ3) is 4.57. The lowest BCUT2D eigenvalue weighted by molar-refractivity contribution is -0.145. The van der Waals surface area contributed by atoms with Crippen LogP contribution in [0.15, 0.2) is 11.8 Å². The van der Waals surface area contributed by atoms with Gasteiger partial charge in [0.1, 0.15) is 11.6 Å². The summed E-state index contributed by atoms with van der Waals surface area (Å²) < 4.78 is 0. The lowest BCUT2D eigenvalue weighted by Gasteiger charge is -2.29. The van der Waals surface area contributed by atoms with E-state index >= 15 is 0 Å². The van der Waals surface area contributed by atoms with Gasteiger partial charge < -0.3 is 15.3 Å². The van der Waals surface area contributed by atoms with E-state index in [9.17, 15) is 9.59 Å². The Bertz CT molecular complexity index is 418. The molecule has 1 saturated heterocycles. The molecule has 6 heteroatoms. The largest absolute Gasteiger partial charge is 0.481 e. The number of carbonyl (C=O) groups is 2. The van der Waals surface area contributed by atoms with Crippen molar-refractivity contribution in [1.82, 2.24) is 10.2 Å². The summed E-state index contributed by atoms with van der Waals surface area (Å²) in [5.74, 6) is -1.51. The first-order valence-corrected chi connectivity index (χ1v) is 6.95. The number of nitriles is 1. The Morgan fingerprint density at radius 3 is 2.60 bits per heavy atom. The van der Waals surface area contributed by atoms with Crippen LogP contribution < -0.4 is 5.32 Å². The van der Waals surface area contributed by atoms with E-state index in [-0.39, 0.29) is 17.4 Å². The number of hydrogen-bond acceptors (Lipinski definition) is 4. The lowest BCUT2D eigenvalue weighted by Crippen LogP contribution is -2.41. The smallest absolute Gasteiger partial charge is 0.306 e. The maximum Gasteiger partial charge on any atom is 0.306 e. The Labute approximate surface area is 119 Å². The van der Waals surface area contributed by atoms with Crippen LogP contribution in [0.25, 0.3) is 0 Å².